The van der Waals surface area contributed by atoms with Gasteiger partial charge in [0, 0.05) is 12.2 Å². The fourth-order valence-corrected chi connectivity index (χ4v) is 1.84. The average Bonchev–Trinajstić information content (AvgIpc) is 2.89. The van der Waals surface area contributed by atoms with Crippen LogP contribution in [-0.2, 0) is 4.74 Å². The van der Waals surface area contributed by atoms with Crippen molar-refractivity contribution in [2.75, 3.05) is 20.3 Å². The minimum atomic E-state index is 0.152. The highest BCUT2D eigenvalue weighted by molar-refractivity contribution is 5.76. The van der Waals surface area contributed by atoms with E-state index in [9.17, 15) is 4.79 Å². The second-order valence-corrected chi connectivity index (χ2v) is 3.97. The lowest BCUT2D eigenvalue weighted by Crippen LogP contribution is -2.16. The topological polar surface area (TPSA) is 44.8 Å². The Hall–Kier alpha value is -1.55. The molecule has 2 rings (SSSR count). The normalized spacial score (nSPS) is 19.0. The SMILES string of the molecule is COc1ccc(C=O)cc1OC[C@@H]1CCCO1. The molecule has 1 fully saturated rings. The molecule has 1 heterocycles. The number of hydrogen-bond donors (Lipinski definition) is 0. The zero-order valence-electron chi connectivity index (χ0n) is 9.85. The molecule has 17 heavy (non-hydrogen) atoms. The van der Waals surface area contributed by atoms with E-state index >= 15 is 0 Å². The van der Waals surface area contributed by atoms with Gasteiger partial charge in [-0.2, -0.15) is 0 Å². The van der Waals surface area contributed by atoms with E-state index in [0.717, 1.165) is 25.7 Å². The van der Waals surface area contributed by atoms with Gasteiger partial charge in [0.25, 0.3) is 0 Å². The molecule has 92 valence electrons. The van der Waals surface area contributed by atoms with Gasteiger partial charge in [-0.15, -0.1) is 0 Å². The van der Waals surface area contributed by atoms with Crippen LogP contribution in [0.5, 0.6) is 11.5 Å². The second kappa shape index (κ2) is 5.68. The van der Waals surface area contributed by atoms with Gasteiger partial charge in [-0.05, 0) is 31.0 Å². The maximum Gasteiger partial charge on any atom is 0.162 e. The molecule has 0 bridgehead atoms. The van der Waals surface area contributed by atoms with E-state index in [4.69, 9.17) is 14.2 Å². The molecule has 1 aromatic carbocycles. The standard InChI is InChI=1S/C13H16O4/c1-15-12-5-4-10(8-14)7-13(12)17-9-11-3-2-6-16-11/h4-5,7-8,11H,2-3,6,9H2,1H3/t11-/m0/s1. The number of ether oxygens (including phenoxy) is 3. The first kappa shape index (κ1) is 11.9. The molecule has 4 heteroatoms. The van der Waals surface area contributed by atoms with Crippen LogP contribution in [0, 0.1) is 0 Å². The van der Waals surface area contributed by atoms with Crippen molar-refractivity contribution in [3.8, 4) is 11.5 Å². The van der Waals surface area contributed by atoms with Gasteiger partial charge >= 0.3 is 0 Å². The monoisotopic (exact) mass is 236 g/mol. The molecule has 1 aliphatic rings. The molecule has 0 saturated carbocycles. The third kappa shape index (κ3) is 2.97. The van der Waals surface area contributed by atoms with Crippen molar-refractivity contribution in [1.29, 1.82) is 0 Å². The molecular formula is C13H16O4. The summed E-state index contributed by atoms with van der Waals surface area (Å²) in [6.07, 6.45) is 3.05. The molecule has 1 aromatic rings. The van der Waals surface area contributed by atoms with Gasteiger partial charge in [0.15, 0.2) is 11.5 Å². The summed E-state index contributed by atoms with van der Waals surface area (Å²) in [5.41, 5.74) is 0.577. The lowest BCUT2D eigenvalue weighted by atomic mass is 10.2. The summed E-state index contributed by atoms with van der Waals surface area (Å²) in [6.45, 7) is 1.30. The van der Waals surface area contributed by atoms with E-state index in [1.807, 2.05) is 0 Å². The Morgan fingerprint density at radius 1 is 1.47 bits per heavy atom. The summed E-state index contributed by atoms with van der Waals surface area (Å²) in [5.74, 6) is 1.22. The Bertz CT molecular complexity index is 383. The van der Waals surface area contributed by atoms with Gasteiger partial charge in [-0.25, -0.2) is 0 Å². The maximum absolute atomic E-state index is 10.7. The predicted molar refractivity (Wildman–Crippen MR) is 62.9 cm³/mol. The molecule has 1 aliphatic heterocycles. The van der Waals surface area contributed by atoms with E-state index in [1.165, 1.54) is 0 Å². The highest BCUT2D eigenvalue weighted by Crippen LogP contribution is 2.28. The number of benzene rings is 1. The van der Waals surface area contributed by atoms with Crippen LogP contribution in [0.4, 0.5) is 0 Å². The van der Waals surface area contributed by atoms with Crippen LogP contribution in [0.25, 0.3) is 0 Å². The molecule has 4 nitrogen and oxygen atoms in total. The van der Waals surface area contributed by atoms with Crippen molar-refractivity contribution in [1.82, 2.24) is 0 Å². The van der Waals surface area contributed by atoms with E-state index in [2.05, 4.69) is 0 Å². The molecule has 0 aliphatic carbocycles. The molecule has 1 atom stereocenters. The Kier molecular flexibility index (Phi) is 3.98. The van der Waals surface area contributed by atoms with Crippen LogP contribution in [0.3, 0.4) is 0 Å². The quantitative estimate of drug-likeness (QED) is 0.734. The summed E-state index contributed by atoms with van der Waals surface area (Å²) < 4.78 is 16.3. The number of carbonyl (C=O) groups excluding carboxylic acids is 1. The van der Waals surface area contributed by atoms with Crippen molar-refractivity contribution < 1.29 is 19.0 Å². The number of hydrogen-bond acceptors (Lipinski definition) is 4. The van der Waals surface area contributed by atoms with Gasteiger partial charge in [-0.1, -0.05) is 0 Å². The van der Waals surface area contributed by atoms with Crippen LogP contribution < -0.4 is 9.47 Å². The van der Waals surface area contributed by atoms with Crippen LogP contribution in [0.1, 0.15) is 23.2 Å². The minimum Gasteiger partial charge on any atom is -0.493 e. The highest BCUT2D eigenvalue weighted by atomic mass is 16.5. The van der Waals surface area contributed by atoms with Crippen molar-refractivity contribution in [3.63, 3.8) is 0 Å². The lowest BCUT2D eigenvalue weighted by Gasteiger charge is -2.14. The van der Waals surface area contributed by atoms with Gasteiger partial charge in [0.05, 0.1) is 13.2 Å². The van der Waals surface area contributed by atoms with Crippen LogP contribution in [-0.4, -0.2) is 32.7 Å². The summed E-state index contributed by atoms with van der Waals surface area (Å²) in [6, 6.07) is 5.11. The van der Waals surface area contributed by atoms with Gasteiger partial charge < -0.3 is 14.2 Å². The third-order valence-electron chi connectivity index (χ3n) is 2.77. The van der Waals surface area contributed by atoms with Crippen molar-refractivity contribution in [3.05, 3.63) is 23.8 Å². The summed E-state index contributed by atoms with van der Waals surface area (Å²) >= 11 is 0. The van der Waals surface area contributed by atoms with Gasteiger partial charge in [0.1, 0.15) is 12.9 Å². The van der Waals surface area contributed by atoms with Crippen LogP contribution in [0.15, 0.2) is 18.2 Å². The molecule has 0 radical (unpaired) electrons. The molecule has 0 unspecified atom stereocenters. The number of methoxy groups -OCH3 is 1. The van der Waals surface area contributed by atoms with E-state index < -0.39 is 0 Å². The predicted octanol–water partition coefficient (Wildman–Crippen LogP) is 2.07. The third-order valence-corrected chi connectivity index (χ3v) is 2.77. The van der Waals surface area contributed by atoms with Gasteiger partial charge in [-0.3, -0.25) is 4.79 Å². The fourth-order valence-electron chi connectivity index (χ4n) is 1.84. The first-order valence-electron chi connectivity index (χ1n) is 5.71. The largest absolute Gasteiger partial charge is 0.493 e. The van der Waals surface area contributed by atoms with Gasteiger partial charge in [0.2, 0.25) is 0 Å². The highest BCUT2D eigenvalue weighted by Gasteiger charge is 2.17. The lowest BCUT2D eigenvalue weighted by molar-refractivity contribution is 0.0669. The summed E-state index contributed by atoms with van der Waals surface area (Å²) in [5, 5.41) is 0. The number of carbonyl (C=O) groups is 1. The molecule has 0 spiro atoms. The number of rotatable bonds is 5. The molecule has 0 aromatic heterocycles. The Balaban J connectivity index is 2.03. The Morgan fingerprint density at radius 2 is 2.35 bits per heavy atom. The summed E-state index contributed by atoms with van der Waals surface area (Å²) in [7, 11) is 1.58. The smallest absolute Gasteiger partial charge is 0.162 e. The number of aldehydes is 1. The zero-order chi connectivity index (χ0) is 12.1. The second-order valence-electron chi connectivity index (χ2n) is 3.97. The first-order valence-corrected chi connectivity index (χ1v) is 5.71. The van der Waals surface area contributed by atoms with Crippen LogP contribution in [0.2, 0.25) is 0 Å². The molecular weight excluding hydrogens is 220 g/mol. The fraction of sp³-hybridized carbons (Fsp3) is 0.462. The average molecular weight is 236 g/mol. The van der Waals surface area contributed by atoms with E-state index in [1.54, 1.807) is 25.3 Å². The van der Waals surface area contributed by atoms with E-state index in [0.29, 0.717) is 23.7 Å². The van der Waals surface area contributed by atoms with Crippen LogP contribution >= 0.6 is 0 Å². The Morgan fingerprint density at radius 3 is 3.00 bits per heavy atom. The van der Waals surface area contributed by atoms with Crippen molar-refractivity contribution in [2.24, 2.45) is 0 Å². The minimum absolute atomic E-state index is 0.152. The first-order chi connectivity index (χ1) is 8.33. The summed E-state index contributed by atoms with van der Waals surface area (Å²) in [4.78, 5) is 10.7. The molecule has 0 N–H and O–H groups in total. The van der Waals surface area contributed by atoms with Crippen molar-refractivity contribution in [2.45, 2.75) is 18.9 Å². The molecule has 0 amide bonds. The zero-order valence-corrected chi connectivity index (χ0v) is 9.85. The maximum atomic E-state index is 10.7. The van der Waals surface area contributed by atoms with Crippen molar-refractivity contribution >= 4 is 6.29 Å². The Labute approximate surface area is 100 Å². The van der Waals surface area contributed by atoms with E-state index in [-0.39, 0.29) is 6.10 Å². The molecule has 1 saturated heterocycles.